The first-order valence-corrected chi connectivity index (χ1v) is 7.48. The zero-order valence-electron chi connectivity index (χ0n) is 11.2. The topological polar surface area (TPSA) is 75.6 Å². The number of carboxylic acid groups (broad SMARTS) is 1. The van der Waals surface area contributed by atoms with Crippen molar-refractivity contribution in [3.63, 3.8) is 0 Å². The van der Waals surface area contributed by atoms with Crippen molar-refractivity contribution in [1.82, 2.24) is 5.32 Å². The summed E-state index contributed by atoms with van der Waals surface area (Å²) in [6.45, 7) is 0.149. The Hall–Kier alpha value is -1.82. The van der Waals surface area contributed by atoms with Gasteiger partial charge in [0.15, 0.2) is 0 Å². The third kappa shape index (κ3) is 2.55. The molecule has 2 N–H and O–H groups in total. The van der Waals surface area contributed by atoms with E-state index in [0.29, 0.717) is 24.2 Å². The Labute approximate surface area is 130 Å². The molecule has 0 bridgehead atoms. The van der Waals surface area contributed by atoms with Gasteiger partial charge in [-0.1, -0.05) is 15.9 Å². The van der Waals surface area contributed by atoms with Gasteiger partial charge in [-0.15, -0.1) is 0 Å². The highest BCUT2D eigenvalue weighted by molar-refractivity contribution is 9.10. The molecule has 2 aliphatic rings. The van der Waals surface area contributed by atoms with Gasteiger partial charge >= 0.3 is 5.97 Å². The van der Waals surface area contributed by atoms with Gasteiger partial charge in [0.05, 0.1) is 5.57 Å². The summed E-state index contributed by atoms with van der Waals surface area (Å²) in [5.41, 5.74) is 0.141. The first kappa shape index (κ1) is 14.1. The number of carboxylic acids is 1. The van der Waals surface area contributed by atoms with Crippen molar-refractivity contribution in [2.75, 3.05) is 6.61 Å². The molecule has 1 amide bonds. The molecule has 0 aromatic heterocycles. The molecular formula is C15H14BrNO4. The highest BCUT2D eigenvalue weighted by Crippen LogP contribution is 2.33. The van der Waals surface area contributed by atoms with Gasteiger partial charge in [0.1, 0.15) is 17.9 Å². The highest BCUT2D eigenvalue weighted by Gasteiger charge is 2.46. The minimum atomic E-state index is -1.10. The number of hydrogen-bond donors (Lipinski definition) is 2. The molecule has 1 aromatic rings. The van der Waals surface area contributed by atoms with Gasteiger partial charge in [-0.3, -0.25) is 4.79 Å². The maximum atomic E-state index is 12.3. The first-order valence-electron chi connectivity index (χ1n) is 6.69. The summed E-state index contributed by atoms with van der Waals surface area (Å²) >= 11 is 3.37. The number of carbonyl (C=O) groups excluding carboxylic acids is 1. The van der Waals surface area contributed by atoms with Gasteiger partial charge in [0.25, 0.3) is 5.91 Å². The second-order valence-corrected chi connectivity index (χ2v) is 6.25. The van der Waals surface area contributed by atoms with E-state index in [1.807, 2.05) is 18.2 Å². The van der Waals surface area contributed by atoms with Crippen molar-refractivity contribution >= 4 is 33.9 Å². The van der Waals surface area contributed by atoms with E-state index in [-0.39, 0.29) is 12.5 Å². The van der Waals surface area contributed by atoms with Crippen LogP contribution in [0.15, 0.2) is 28.2 Å². The van der Waals surface area contributed by atoms with E-state index in [0.717, 1.165) is 16.5 Å². The second kappa shape index (κ2) is 5.18. The van der Waals surface area contributed by atoms with Gasteiger partial charge in [-0.2, -0.15) is 0 Å². The van der Waals surface area contributed by atoms with Crippen LogP contribution in [0.5, 0.6) is 5.75 Å². The summed E-state index contributed by atoms with van der Waals surface area (Å²) in [4.78, 5) is 23.6. The van der Waals surface area contributed by atoms with Crippen molar-refractivity contribution in [1.29, 1.82) is 0 Å². The number of nitrogens with one attached hydrogen (secondary N) is 1. The maximum absolute atomic E-state index is 12.3. The van der Waals surface area contributed by atoms with E-state index in [4.69, 9.17) is 4.74 Å². The Kier molecular flexibility index (Phi) is 3.49. The predicted octanol–water partition coefficient (Wildman–Crippen LogP) is 2.35. The van der Waals surface area contributed by atoms with Crippen molar-refractivity contribution < 1.29 is 19.4 Å². The Balaban J connectivity index is 1.81. The number of halogens is 1. The van der Waals surface area contributed by atoms with Gasteiger partial charge in [0.2, 0.25) is 0 Å². The minimum Gasteiger partial charge on any atom is -0.488 e. The Morgan fingerprint density at radius 2 is 2.10 bits per heavy atom. The minimum absolute atomic E-state index is 0.149. The second-order valence-electron chi connectivity index (χ2n) is 5.34. The number of aliphatic carboxylic acids is 1. The Bertz CT molecular complexity index is 649. The molecule has 1 aliphatic carbocycles. The molecule has 0 radical (unpaired) electrons. The first-order chi connectivity index (χ1) is 10.00. The van der Waals surface area contributed by atoms with Crippen LogP contribution in [0, 0.1) is 0 Å². The van der Waals surface area contributed by atoms with Crippen LogP contribution in [-0.2, 0) is 9.59 Å². The predicted molar refractivity (Wildman–Crippen MR) is 80.0 cm³/mol. The molecule has 110 valence electrons. The lowest BCUT2D eigenvalue weighted by atomic mass is 9.76. The highest BCUT2D eigenvalue weighted by atomic mass is 79.9. The molecule has 3 rings (SSSR count). The number of rotatable bonds is 3. The largest absolute Gasteiger partial charge is 0.488 e. The van der Waals surface area contributed by atoms with Crippen LogP contribution in [0.2, 0.25) is 0 Å². The standard InChI is InChI=1S/C15H14BrNO4/c16-11-2-3-12-9(7-11)6-10(8-21-12)13(18)17-15(14(19)20)4-1-5-15/h2-3,6-7H,1,4-5,8H2,(H,17,18)(H,19,20). The summed E-state index contributed by atoms with van der Waals surface area (Å²) < 4.78 is 6.43. The van der Waals surface area contributed by atoms with Crippen molar-refractivity contribution in [2.24, 2.45) is 0 Å². The van der Waals surface area contributed by atoms with E-state index < -0.39 is 11.5 Å². The number of hydrogen-bond acceptors (Lipinski definition) is 3. The molecule has 1 heterocycles. The van der Waals surface area contributed by atoms with Gasteiger partial charge in [-0.05, 0) is 43.5 Å². The third-order valence-corrected chi connectivity index (χ3v) is 4.44. The quantitative estimate of drug-likeness (QED) is 0.876. The fourth-order valence-corrected chi connectivity index (χ4v) is 2.88. The molecular weight excluding hydrogens is 338 g/mol. The number of fused-ring (bicyclic) bond motifs is 1. The number of amides is 1. The van der Waals surface area contributed by atoms with Crippen molar-refractivity contribution in [2.45, 2.75) is 24.8 Å². The molecule has 21 heavy (non-hydrogen) atoms. The molecule has 0 atom stereocenters. The lowest BCUT2D eigenvalue weighted by Crippen LogP contribution is -2.59. The third-order valence-electron chi connectivity index (χ3n) is 3.95. The molecule has 0 spiro atoms. The number of benzene rings is 1. The van der Waals surface area contributed by atoms with E-state index in [1.54, 1.807) is 6.08 Å². The smallest absolute Gasteiger partial charge is 0.329 e. The van der Waals surface area contributed by atoms with E-state index in [9.17, 15) is 14.7 Å². The van der Waals surface area contributed by atoms with Crippen LogP contribution >= 0.6 is 15.9 Å². The average Bonchev–Trinajstić information content (AvgIpc) is 2.41. The molecule has 1 aliphatic heterocycles. The molecule has 0 saturated heterocycles. The summed E-state index contributed by atoms with van der Waals surface area (Å²) in [6.07, 6.45) is 3.51. The van der Waals surface area contributed by atoms with Gasteiger partial charge in [-0.25, -0.2) is 4.79 Å². The van der Waals surface area contributed by atoms with Crippen molar-refractivity contribution in [3.8, 4) is 5.75 Å². The summed E-state index contributed by atoms with van der Waals surface area (Å²) in [7, 11) is 0. The van der Waals surface area contributed by atoms with Gasteiger partial charge in [0, 0.05) is 10.0 Å². The zero-order valence-corrected chi connectivity index (χ0v) is 12.8. The normalized spacial score (nSPS) is 18.6. The molecule has 6 heteroatoms. The summed E-state index contributed by atoms with van der Waals surface area (Å²) in [5, 5.41) is 11.9. The van der Waals surface area contributed by atoms with Crippen LogP contribution in [0.25, 0.3) is 6.08 Å². The Morgan fingerprint density at radius 3 is 2.71 bits per heavy atom. The van der Waals surface area contributed by atoms with Crippen LogP contribution in [0.4, 0.5) is 0 Å². The van der Waals surface area contributed by atoms with Crippen LogP contribution < -0.4 is 10.1 Å². The molecule has 0 unspecified atom stereocenters. The van der Waals surface area contributed by atoms with E-state index in [1.165, 1.54) is 0 Å². The maximum Gasteiger partial charge on any atom is 0.329 e. The SMILES string of the molecule is O=C(NC1(C(=O)O)CCC1)C1=Cc2cc(Br)ccc2OC1. The van der Waals surface area contributed by atoms with E-state index in [2.05, 4.69) is 21.2 Å². The fourth-order valence-electron chi connectivity index (χ4n) is 2.50. The summed E-state index contributed by atoms with van der Waals surface area (Å²) in [5.74, 6) is -0.628. The lowest BCUT2D eigenvalue weighted by Gasteiger charge is -2.38. The molecule has 1 aromatic carbocycles. The monoisotopic (exact) mass is 351 g/mol. The van der Waals surface area contributed by atoms with E-state index >= 15 is 0 Å². The fraction of sp³-hybridized carbons (Fsp3) is 0.333. The Morgan fingerprint density at radius 1 is 1.33 bits per heavy atom. The average molecular weight is 352 g/mol. The number of ether oxygens (including phenoxy) is 1. The summed E-state index contributed by atoms with van der Waals surface area (Å²) in [6, 6.07) is 5.55. The van der Waals surface area contributed by atoms with Crippen LogP contribution in [-0.4, -0.2) is 29.1 Å². The van der Waals surface area contributed by atoms with Crippen molar-refractivity contribution in [3.05, 3.63) is 33.8 Å². The zero-order chi connectivity index (χ0) is 15.0. The van der Waals surface area contributed by atoms with Crippen LogP contribution in [0.3, 0.4) is 0 Å². The molecule has 5 nitrogen and oxygen atoms in total. The lowest BCUT2D eigenvalue weighted by molar-refractivity contribution is -0.151. The van der Waals surface area contributed by atoms with Gasteiger partial charge < -0.3 is 15.2 Å². The van der Waals surface area contributed by atoms with Crippen LogP contribution in [0.1, 0.15) is 24.8 Å². The number of carbonyl (C=O) groups is 2. The molecule has 1 fully saturated rings. The molecule has 1 saturated carbocycles.